The van der Waals surface area contributed by atoms with Crippen LogP contribution in [0.15, 0.2) is 0 Å². The Labute approximate surface area is 106 Å². The first kappa shape index (κ1) is 14.9. The lowest BCUT2D eigenvalue weighted by Crippen LogP contribution is -2.43. The predicted molar refractivity (Wildman–Crippen MR) is 71.0 cm³/mol. The smallest absolute Gasteiger partial charge is 0.199 e. The van der Waals surface area contributed by atoms with Crippen molar-refractivity contribution in [1.29, 1.82) is 0 Å². The number of nitrogens with one attached hydrogen (secondary N) is 1. The summed E-state index contributed by atoms with van der Waals surface area (Å²) >= 11 is 0. The maximum atomic E-state index is 12.0. The predicted octanol–water partition coefficient (Wildman–Crippen LogP) is 2.13. The van der Waals surface area contributed by atoms with Crippen LogP contribution < -0.4 is 4.72 Å². The number of hydrogen-bond donors (Lipinski definition) is 1. The van der Waals surface area contributed by atoms with E-state index in [4.69, 9.17) is 0 Å². The molecule has 0 aromatic rings. The van der Waals surface area contributed by atoms with Crippen molar-refractivity contribution >= 4 is 10.2 Å². The molecule has 1 unspecified atom stereocenters. The van der Waals surface area contributed by atoms with Crippen molar-refractivity contribution in [2.75, 3.05) is 13.6 Å². The minimum atomic E-state index is -3.28. The highest BCUT2D eigenvalue weighted by atomic mass is 32.2. The van der Waals surface area contributed by atoms with Gasteiger partial charge in [-0.2, -0.15) is 17.4 Å². The first-order valence-electron chi connectivity index (χ1n) is 6.50. The largest absolute Gasteiger partial charge is 0.279 e. The zero-order valence-corrected chi connectivity index (χ0v) is 12.3. The van der Waals surface area contributed by atoms with Crippen LogP contribution in [0, 0.1) is 5.41 Å². The molecular formula is C12H26N2O2S. The Morgan fingerprint density at radius 2 is 2.06 bits per heavy atom. The second-order valence-corrected chi connectivity index (χ2v) is 7.71. The molecule has 1 fully saturated rings. The van der Waals surface area contributed by atoms with Crippen molar-refractivity contribution in [1.82, 2.24) is 9.03 Å². The highest BCUT2D eigenvalue weighted by Gasteiger charge is 2.33. The van der Waals surface area contributed by atoms with Crippen LogP contribution in [0.5, 0.6) is 0 Å². The molecule has 0 bridgehead atoms. The van der Waals surface area contributed by atoms with Crippen molar-refractivity contribution in [3.8, 4) is 0 Å². The van der Waals surface area contributed by atoms with Crippen LogP contribution in [0.25, 0.3) is 0 Å². The lowest BCUT2D eigenvalue weighted by Gasteiger charge is -2.22. The Bertz CT molecular complexity index is 338. The van der Waals surface area contributed by atoms with E-state index in [2.05, 4.69) is 25.5 Å². The third-order valence-corrected chi connectivity index (χ3v) is 5.16. The summed E-state index contributed by atoms with van der Waals surface area (Å²) < 4.78 is 28.3. The summed E-state index contributed by atoms with van der Waals surface area (Å²) in [5.74, 6) is 0. The Balaban J connectivity index is 2.50. The SMILES string of the molecule is CCCCN(C)S(=O)(=O)NC1CCC(C)(C)C1. The molecule has 1 saturated carbocycles. The first-order valence-corrected chi connectivity index (χ1v) is 7.94. The summed E-state index contributed by atoms with van der Waals surface area (Å²) in [6.45, 7) is 7.06. The quantitative estimate of drug-likeness (QED) is 0.797. The Hall–Kier alpha value is -0.130. The van der Waals surface area contributed by atoms with Crippen LogP contribution in [0.3, 0.4) is 0 Å². The van der Waals surface area contributed by atoms with Gasteiger partial charge in [-0.05, 0) is 31.1 Å². The lowest BCUT2D eigenvalue weighted by atomic mass is 9.92. The van der Waals surface area contributed by atoms with Crippen molar-refractivity contribution in [3.05, 3.63) is 0 Å². The lowest BCUT2D eigenvalue weighted by molar-refractivity contribution is 0.369. The summed E-state index contributed by atoms with van der Waals surface area (Å²) in [6, 6.07) is 0.110. The maximum absolute atomic E-state index is 12.0. The number of hydrogen-bond acceptors (Lipinski definition) is 2. The molecule has 0 heterocycles. The molecule has 1 N–H and O–H groups in total. The summed E-state index contributed by atoms with van der Waals surface area (Å²) in [4.78, 5) is 0. The zero-order chi connectivity index (χ0) is 13.1. The van der Waals surface area contributed by atoms with E-state index in [9.17, 15) is 8.42 Å². The van der Waals surface area contributed by atoms with Crippen LogP contribution in [-0.2, 0) is 10.2 Å². The molecule has 0 radical (unpaired) electrons. The van der Waals surface area contributed by atoms with Crippen LogP contribution in [0.2, 0.25) is 0 Å². The maximum Gasteiger partial charge on any atom is 0.279 e. The van der Waals surface area contributed by atoms with E-state index in [1.54, 1.807) is 7.05 Å². The molecule has 0 saturated heterocycles. The molecule has 1 aliphatic rings. The molecule has 5 heteroatoms. The van der Waals surface area contributed by atoms with Crippen molar-refractivity contribution < 1.29 is 8.42 Å². The van der Waals surface area contributed by atoms with Gasteiger partial charge in [-0.1, -0.05) is 27.2 Å². The van der Waals surface area contributed by atoms with Gasteiger partial charge in [0.1, 0.15) is 0 Å². The van der Waals surface area contributed by atoms with Gasteiger partial charge in [0.25, 0.3) is 10.2 Å². The molecule has 0 aromatic heterocycles. The highest BCUT2D eigenvalue weighted by molar-refractivity contribution is 7.87. The van der Waals surface area contributed by atoms with Crippen LogP contribution in [0.1, 0.15) is 52.9 Å². The van der Waals surface area contributed by atoms with Crippen LogP contribution in [-0.4, -0.2) is 32.4 Å². The fourth-order valence-electron chi connectivity index (χ4n) is 2.34. The summed E-state index contributed by atoms with van der Waals surface area (Å²) in [6.07, 6.45) is 4.91. The minimum absolute atomic E-state index is 0.110. The Morgan fingerprint density at radius 3 is 2.53 bits per heavy atom. The third-order valence-electron chi connectivity index (χ3n) is 3.52. The van der Waals surface area contributed by atoms with E-state index < -0.39 is 10.2 Å². The van der Waals surface area contributed by atoms with E-state index >= 15 is 0 Å². The van der Waals surface area contributed by atoms with Crippen LogP contribution in [0.4, 0.5) is 0 Å². The van der Waals surface area contributed by atoms with Crippen molar-refractivity contribution in [3.63, 3.8) is 0 Å². The number of rotatable bonds is 6. The molecule has 1 rings (SSSR count). The standard InChI is InChI=1S/C12H26N2O2S/c1-5-6-9-14(4)17(15,16)13-11-7-8-12(2,3)10-11/h11,13H,5-10H2,1-4H3. The minimum Gasteiger partial charge on any atom is -0.199 e. The van der Waals surface area contributed by atoms with Gasteiger partial charge in [0.15, 0.2) is 0 Å². The average Bonchev–Trinajstić information content (AvgIpc) is 2.53. The van der Waals surface area contributed by atoms with Gasteiger partial charge in [-0.3, -0.25) is 0 Å². The number of nitrogens with zero attached hydrogens (tertiary/aromatic N) is 1. The fraction of sp³-hybridized carbons (Fsp3) is 1.00. The van der Waals surface area contributed by atoms with Crippen LogP contribution >= 0.6 is 0 Å². The molecule has 0 amide bonds. The topological polar surface area (TPSA) is 49.4 Å². The zero-order valence-electron chi connectivity index (χ0n) is 11.5. The molecular weight excluding hydrogens is 236 g/mol. The summed E-state index contributed by atoms with van der Waals surface area (Å²) in [5, 5.41) is 0. The second kappa shape index (κ2) is 5.67. The van der Waals surface area contributed by atoms with Gasteiger partial charge in [-0.25, -0.2) is 0 Å². The van der Waals surface area contributed by atoms with E-state index in [-0.39, 0.29) is 11.5 Å². The van der Waals surface area contributed by atoms with E-state index in [1.165, 1.54) is 4.31 Å². The molecule has 0 aromatic carbocycles. The highest BCUT2D eigenvalue weighted by Crippen LogP contribution is 2.37. The molecule has 102 valence electrons. The molecule has 1 aliphatic carbocycles. The second-order valence-electron chi connectivity index (χ2n) is 5.90. The third kappa shape index (κ3) is 4.56. The van der Waals surface area contributed by atoms with Gasteiger partial charge in [-0.15, -0.1) is 0 Å². The van der Waals surface area contributed by atoms with Gasteiger partial charge < -0.3 is 0 Å². The Morgan fingerprint density at radius 1 is 1.41 bits per heavy atom. The van der Waals surface area contributed by atoms with E-state index in [0.29, 0.717) is 6.54 Å². The van der Waals surface area contributed by atoms with Gasteiger partial charge in [0.05, 0.1) is 0 Å². The molecule has 4 nitrogen and oxygen atoms in total. The molecule has 17 heavy (non-hydrogen) atoms. The van der Waals surface area contributed by atoms with Gasteiger partial charge in [0, 0.05) is 19.6 Å². The molecule has 0 aliphatic heterocycles. The van der Waals surface area contributed by atoms with E-state index in [1.807, 2.05) is 0 Å². The fourth-order valence-corrected chi connectivity index (χ4v) is 3.51. The van der Waals surface area contributed by atoms with Gasteiger partial charge >= 0.3 is 0 Å². The van der Waals surface area contributed by atoms with Crippen molar-refractivity contribution in [2.24, 2.45) is 5.41 Å². The number of unbranched alkanes of at least 4 members (excludes halogenated alkanes) is 1. The first-order chi connectivity index (χ1) is 7.77. The molecule has 0 spiro atoms. The molecule has 1 atom stereocenters. The van der Waals surface area contributed by atoms with E-state index in [0.717, 1.165) is 32.1 Å². The normalized spacial score (nSPS) is 24.4. The van der Waals surface area contributed by atoms with Crippen molar-refractivity contribution in [2.45, 2.75) is 58.9 Å². The Kier molecular flexibility index (Phi) is 4.98. The average molecular weight is 262 g/mol. The van der Waals surface area contributed by atoms with Gasteiger partial charge in [0.2, 0.25) is 0 Å². The summed E-state index contributed by atoms with van der Waals surface area (Å²) in [7, 11) is -1.63. The summed E-state index contributed by atoms with van der Waals surface area (Å²) in [5.41, 5.74) is 0.273. The monoisotopic (exact) mass is 262 g/mol.